The number of aromatic amines is 1. The first-order valence-electron chi connectivity index (χ1n) is 10.5. The monoisotopic (exact) mass is 366 g/mol. The van der Waals surface area contributed by atoms with Crippen LogP contribution >= 0.6 is 0 Å². The number of fused-ring (bicyclic) bond motifs is 2. The summed E-state index contributed by atoms with van der Waals surface area (Å²) in [5.41, 5.74) is 3.27. The smallest absolute Gasteiger partial charge is 0.224 e. The number of hydrogen-bond acceptors (Lipinski definition) is 6. The lowest BCUT2D eigenvalue weighted by molar-refractivity contribution is 0.0681. The van der Waals surface area contributed by atoms with E-state index in [9.17, 15) is 0 Å². The molecule has 0 spiro atoms. The summed E-state index contributed by atoms with van der Waals surface area (Å²) in [5, 5.41) is 8.43. The normalized spacial score (nSPS) is 22.4. The van der Waals surface area contributed by atoms with E-state index < -0.39 is 7.04 Å². The Morgan fingerprint density at radius 3 is 3.07 bits per heavy atom. The molecule has 1 aliphatic rings. The molecule has 0 aromatic carbocycles. The highest BCUT2D eigenvalue weighted by Crippen LogP contribution is 2.27. The number of hydrogen-bond donors (Lipinski definition) is 2. The number of nitrogens with zero attached hydrogens (tertiary/aromatic N) is 5. The van der Waals surface area contributed by atoms with E-state index in [0.29, 0.717) is 18.8 Å². The predicted octanol–water partition coefficient (Wildman–Crippen LogP) is 3.04. The lowest BCUT2D eigenvalue weighted by Gasteiger charge is -2.28. The van der Waals surface area contributed by atoms with E-state index >= 15 is 0 Å². The second kappa shape index (κ2) is 6.62. The number of rotatable bonds is 4. The van der Waals surface area contributed by atoms with Crippen LogP contribution in [-0.4, -0.2) is 48.7 Å². The molecular formula is C19H21N7O. The molecule has 0 bridgehead atoms. The van der Waals surface area contributed by atoms with Gasteiger partial charge in [0, 0.05) is 48.7 Å². The number of methoxy groups -OCH3 is 1. The van der Waals surface area contributed by atoms with Crippen molar-refractivity contribution in [2.24, 2.45) is 0 Å². The molecule has 1 aliphatic carbocycles. The van der Waals surface area contributed by atoms with Crippen molar-refractivity contribution in [3.05, 3.63) is 36.9 Å². The van der Waals surface area contributed by atoms with Gasteiger partial charge in [0.25, 0.3) is 0 Å². The molecule has 0 aliphatic heterocycles. The predicted molar refractivity (Wildman–Crippen MR) is 103 cm³/mol. The minimum absolute atomic E-state index is 0.194. The van der Waals surface area contributed by atoms with E-state index in [2.05, 4.69) is 30.4 Å². The van der Waals surface area contributed by atoms with Crippen LogP contribution in [0.1, 0.15) is 29.8 Å². The minimum Gasteiger partial charge on any atom is -0.381 e. The van der Waals surface area contributed by atoms with E-state index in [1.54, 1.807) is 16.9 Å². The van der Waals surface area contributed by atoms with Crippen LogP contribution in [0.25, 0.3) is 27.9 Å². The van der Waals surface area contributed by atoms with Gasteiger partial charge in [0.2, 0.25) is 5.95 Å². The third-order valence-electron chi connectivity index (χ3n) is 5.14. The van der Waals surface area contributed by atoms with Gasteiger partial charge >= 0.3 is 0 Å². The van der Waals surface area contributed by atoms with Crippen LogP contribution in [0.5, 0.6) is 0 Å². The summed E-state index contributed by atoms with van der Waals surface area (Å²) in [6, 6.07) is 3.96. The lowest BCUT2D eigenvalue weighted by Crippen LogP contribution is -2.29. The Labute approximate surface area is 160 Å². The first kappa shape index (κ1) is 13.2. The molecule has 1 fully saturated rings. The number of nitrogens with one attached hydrogen (secondary N) is 2. The largest absolute Gasteiger partial charge is 0.381 e. The zero-order chi connectivity index (χ0) is 20.7. The topological polar surface area (TPSA) is 93.0 Å². The molecule has 5 rings (SSSR count). The standard InChI is InChI=1S/C19H21N7O/c1-27-13-4-2-12(3-5-13)23-19-21-11-15-14(10-20-18(15)25-19)16-7-9-26-17(24-16)6-8-22-26/h6-13H,2-5H2,1H3,(H2,20,21,23,25)/t12-,13+/i1D3. The summed E-state index contributed by atoms with van der Waals surface area (Å²) in [7, 11) is -2.33. The maximum atomic E-state index is 7.23. The van der Waals surface area contributed by atoms with Gasteiger partial charge in [0.15, 0.2) is 5.65 Å². The van der Waals surface area contributed by atoms with E-state index in [-0.39, 0.29) is 12.1 Å². The van der Waals surface area contributed by atoms with E-state index in [1.807, 2.05) is 24.5 Å². The highest BCUT2D eigenvalue weighted by atomic mass is 16.5. The van der Waals surface area contributed by atoms with Gasteiger partial charge < -0.3 is 15.0 Å². The van der Waals surface area contributed by atoms with Crippen LogP contribution in [0.15, 0.2) is 36.9 Å². The first-order chi connectivity index (χ1) is 14.4. The Morgan fingerprint density at radius 2 is 2.19 bits per heavy atom. The fourth-order valence-electron chi connectivity index (χ4n) is 3.66. The fourth-order valence-corrected chi connectivity index (χ4v) is 3.66. The second-order valence-corrected chi connectivity index (χ2v) is 6.84. The minimum atomic E-state index is -2.33. The molecule has 0 radical (unpaired) electrons. The maximum Gasteiger partial charge on any atom is 0.224 e. The van der Waals surface area contributed by atoms with Gasteiger partial charge in [0.1, 0.15) is 5.65 Å². The average Bonchev–Trinajstić information content (AvgIpc) is 3.34. The number of ether oxygens (including phenoxy) is 1. The van der Waals surface area contributed by atoms with Gasteiger partial charge in [-0.25, -0.2) is 14.5 Å². The van der Waals surface area contributed by atoms with Crippen molar-refractivity contribution in [3.8, 4) is 11.3 Å². The molecule has 138 valence electrons. The Kier molecular flexibility index (Phi) is 3.24. The van der Waals surface area contributed by atoms with E-state index in [0.717, 1.165) is 40.8 Å². The molecule has 2 N–H and O–H groups in total. The average molecular weight is 366 g/mol. The van der Waals surface area contributed by atoms with Crippen molar-refractivity contribution in [2.75, 3.05) is 12.4 Å². The van der Waals surface area contributed by atoms with Gasteiger partial charge in [-0.2, -0.15) is 10.1 Å². The van der Waals surface area contributed by atoms with Crippen LogP contribution in [0.2, 0.25) is 0 Å². The quantitative estimate of drug-likeness (QED) is 0.577. The van der Waals surface area contributed by atoms with Gasteiger partial charge in [-0.3, -0.25) is 0 Å². The van der Waals surface area contributed by atoms with E-state index in [4.69, 9.17) is 8.85 Å². The number of aromatic nitrogens is 6. The summed E-state index contributed by atoms with van der Waals surface area (Å²) >= 11 is 0. The molecule has 4 aromatic rings. The van der Waals surface area contributed by atoms with Crippen LogP contribution in [0.4, 0.5) is 5.95 Å². The lowest BCUT2D eigenvalue weighted by atomic mass is 9.93. The number of H-pyrrole nitrogens is 1. The molecule has 0 unspecified atom stereocenters. The summed E-state index contributed by atoms with van der Waals surface area (Å²) in [6.07, 6.45) is 10.1. The van der Waals surface area contributed by atoms with Gasteiger partial charge in [-0.05, 0) is 31.7 Å². The van der Waals surface area contributed by atoms with Crippen molar-refractivity contribution in [2.45, 2.75) is 37.8 Å². The van der Waals surface area contributed by atoms with Crippen LogP contribution in [-0.2, 0) is 4.74 Å². The molecule has 4 heterocycles. The van der Waals surface area contributed by atoms with Crippen molar-refractivity contribution in [3.63, 3.8) is 0 Å². The van der Waals surface area contributed by atoms with E-state index in [1.165, 1.54) is 0 Å². The molecule has 1 saturated carbocycles. The van der Waals surface area contributed by atoms with Crippen molar-refractivity contribution >= 4 is 22.6 Å². The van der Waals surface area contributed by atoms with Crippen LogP contribution in [0.3, 0.4) is 0 Å². The molecule has 4 aromatic heterocycles. The SMILES string of the molecule is [2H]C([2H])([2H])O[C@H]1CC[C@@H](Nc2ncc3c(-c4ccn5nccc5n4)c[nH]c3n2)CC1. The Bertz CT molecular complexity index is 1180. The van der Waals surface area contributed by atoms with Crippen molar-refractivity contribution in [1.82, 2.24) is 29.5 Å². The van der Waals surface area contributed by atoms with Gasteiger partial charge in [0.05, 0.1) is 22.1 Å². The first-order valence-corrected chi connectivity index (χ1v) is 9.04. The molecule has 27 heavy (non-hydrogen) atoms. The maximum absolute atomic E-state index is 7.23. The Balaban J connectivity index is 1.29. The summed E-state index contributed by atoms with van der Waals surface area (Å²) in [6.45, 7) is 0. The molecule has 0 atom stereocenters. The van der Waals surface area contributed by atoms with Crippen molar-refractivity contribution < 1.29 is 8.85 Å². The van der Waals surface area contributed by atoms with Crippen LogP contribution < -0.4 is 5.32 Å². The number of anilines is 1. The zero-order valence-corrected chi connectivity index (χ0v) is 14.6. The second-order valence-electron chi connectivity index (χ2n) is 6.84. The van der Waals surface area contributed by atoms with Crippen LogP contribution in [0, 0.1) is 0 Å². The van der Waals surface area contributed by atoms with Gasteiger partial charge in [-0.15, -0.1) is 0 Å². The molecular weight excluding hydrogens is 342 g/mol. The molecule has 0 amide bonds. The third kappa shape index (κ3) is 3.02. The fraction of sp³-hybridized carbons (Fsp3) is 0.368. The third-order valence-corrected chi connectivity index (χ3v) is 5.14. The zero-order valence-electron chi connectivity index (χ0n) is 17.6. The highest BCUT2D eigenvalue weighted by Gasteiger charge is 2.21. The summed E-state index contributed by atoms with van der Waals surface area (Å²) in [4.78, 5) is 16.9. The summed E-state index contributed by atoms with van der Waals surface area (Å²) in [5.74, 6) is 0.551. The highest BCUT2D eigenvalue weighted by molar-refractivity contribution is 5.92. The molecule has 8 heteroatoms. The Morgan fingerprint density at radius 1 is 1.26 bits per heavy atom. The molecule has 0 saturated heterocycles. The molecule has 8 nitrogen and oxygen atoms in total. The Hall–Kier alpha value is -3.00. The van der Waals surface area contributed by atoms with Crippen molar-refractivity contribution in [1.29, 1.82) is 0 Å². The summed E-state index contributed by atoms with van der Waals surface area (Å²) < 4.78 is 28.5. The van der Waals surface area contributed by atoms with Gasteiger partial charge in [-0.1, -0.05) is 0 Å².